The zero-order valence-electron chi connectivity index (χ0n) is 9.09. The van der Waals surface area contributed by atoms with E-state index in [0.29, 0.717) is 12.5 Å². The molecule has 16 heavy (non-hydrogen) atoms. The van der Waals surface area contributed by atoms with Crippen molar-refractivity contribution in [3.63, 3.8) is 0 Å². The van der Waals surface area contributed by atoms with E-state index in [1.165, 1.54) is 12.3 Å². The molecule has 0 spiro atoms. The Kier molecular flexibility index (Phi) is 4.65. The average Bonchev–Trinajstić information content (AvgIpc) is 2.27. The third-order valence-electron chi connectivity index (χ3n) is 2.21. The van der Waals surface area contributed by atoms with Crippen LogP contribution in [0.2, 0.25) is 0 Å². The lowest BCUT2D eigenvalue weighted by Crippen LogP contribution is -2.12. The number of nitro groups is 1. The highest BCUT2D eigenvalue weighted by Gasteiger charge is 2.06. The van der Waals surface area contributed by atoms with Gasteiger partial charge in [-0.2, -0.15) is 0 Å². The Morgan fingerprint density at radius 2 is 2.38 bits per heavy atom. The maximum atomic E-state index is 10.4. The number of hydrogen-bond acceptors (Lipinski definition) is 5. The molecule has 6 nitrogen and oxygen atoms in total. The molecular formula is C10H15N3O3. The molecule has 2 N–H and O–H groups in total. The van der Waals surface area contributed by atoms with Gasteiger partial charge in [-0.15, -0.1) is 0 Å². The molecule has 1 unspecified atom stereocenters. The predicted octanol–water partition coefficient (Wildman–Crippen LogP) is 1.42. The van der Waals surface area contributed by atoms with Crippen molar-refractivity contribution in [2.45, 2.75) is 13.3 Å². The zero-order chi connectivity index (χ0) is 12.0. The van der Waals surface area contributed by atoms with Crippen LogP contribution in [0, 0.1) is 16.0 Å². The first kappa shape index (κ1) is 12.4. The minimum absolute atomic E-state index is 0.158. The zero-order valence-corrected chi connectivity index (χ0v) is 9.09. The van der Waals surface area contributed by atoms with Crippen molar-refractivity contribution in [3.8, 4) is 0 Å². The number of rotatable bonds is 6. The van der Waals surface area contributed by atoms with Crippen LogP contribution in [0.25, 0.3) is 0 Å². The molecule has 88 valence electrons. The summed E-state index contributed by atoms with van der Waals surface area (Å²) in [6.45, 7) is 2.89. The largest absolute Gasteiger partial charge is 0.396 e. The van der Waals surface area contributed by atoms with Crippen molar-refractivity contribution in [3.05, 3.63) is 28.4 Å². The van der Waals surface area contributed by atoms with Crippen LogP contribution >= 0.6 is 0 Å². The fourth-order valence-corrected chi connectivity index (χ4v) is 1.21. The fourth-order valence-electron chi connectivity index (χ4n) is 1.21. The monoisotopic (exact) mass is 225 g/mol. The van der Waals surface area contributed by atoms with E-state index in [1.807, 2.05) is 6.92 Å². The lowest BCUT2D eigenvalue weighted by molar-refractivity contribution is -0.389. The van der Waals surface area contributed by atoms with E-state index in [4.69, 9.17) is 5.11 Å². The third kappa shape index (κ3) is 3.82. The molecule has 0 aromatic carbocycles. The molecule has 1 aromatic heterocycles. The summed E-state index contributed by atoms with van der Waals surface area (Å²) in [4.78, 5) is 13.5. The maximum absolute atomic E-state index is 10.4. The molecular weight excluding hydrogens is 210 g/mol. The van der Waals surface area contributed by atoms with Gasteiger partial charge >= 0.3 is 5.82 Å². The van der Waals surface area contributed by atoms with E-state index in [9.17, 15) is 10.1 Å². The molecule has 0 fully saturated rings. The van der Waals surface area contributed by atoms with Crippen molar-refractivity contribution >= 4 is 11.5 Å². The van der Waals surface area contributed by atoms with Crippen LogP contribution < -0.4 is 5.32 Å². The molecule has 0 radical (unpaired) electrons. The minimum Gasteiger partial charge on any atom is -0.396 e. The first-order valence-electron chi connectivity index (χ1n) is 5.08. The van der Waals surface area contributed by atoms with E-state index in [-0.39, 0.29) is 12.4 Å². The summed E-state index contributed by atoms with van der Waals surface area (Å²) in [5, 5.41) is 22.2. The van der Waals surface area contributed by atoms with E-state index < -0.39 is 4.92 Å². The highest BCUT2D eigenvalue weighted by atomic mass is 16.6. The van der Waals surface area contributed by atoms with Crippen LogP contribution in [0.15, 0.2) is 18.3 Å². The van der Waals surface area contributed by atoms with Crippen LogP contribution in [0.5, 0.6) is 0 Å². The van der Waals surface area contributed by atoms with Gasteiger partial charge in [-0.3, -0.25) is 0 Å². The quantitative estimate of drug-likeness (QED) is 0.564. The molecule has 0 saturated heterocycles. The number of pyridine rings is 1. The van der Waals surface area contributed by atoms with Gasteiger partial charge in [0.1, 0.15) is 0 Å². The highest BCUT2D eigenvalue weighted by Crippen LogP contribution is 2.12. The second kappa shape index (κ2) is 6.02. The van der Waals surface area contributed by atoms with E-state index in [0.717, 1.165) is 12.1 Å². The van der Waals surface area contributed by atoms with Crippen molar-refractivity contribution in [1.29, 1.82) is 0 Å². The molecule has 1 rings (SSSR count). The summed E-state index contributed by atoms with van der Waals surface area (Å²) in [5.41, 5.74) is 0.746. The first-order valence-corrected chi connectivity index (χ1v) is 5.08. The second-order valence-electron chi connectivity index (χ2n) is 3.66. The topological polar surface area (TPSA) is 88.3 Å². The normalized spacial score (nSPS) is 12.1. The van der Waals surface area contributed by atoms with Gasteiger partial charge in [0.05, 0.1) is 5.69 Å². The summed E-state index contributed by atoms with van der Waals surface area (Å²) < 4.78 is 0. The van der Waals surface area contributed by atoms with Gasteiger partial charge in [0.2, 0.25) is 0 Å². The Bertz CT molecular complexity index is 340. The summed E-state index contributed by atoms with van der Waals surface area (Å²) in [6, 6.07) is 2.98. The second-order valence-corrected chi connectivity index (χ2v) is 3.66. The van der Waals surface area contributed by atoms with Crippen molar-refractivity contribution < 1.29 is 10.0 Å². The fraction of sp³-hybridized carbons (Fsp3) is 0.500. The van der Waals surface area contributed by atoms with Crippen LogP contribution in [0.1, 0.15) is 13.3 Å². The Morgan fingerprint density at radius 1 is 1.62 bits per heavy atom. The van der Waals surface area contributed by atoms with Gasteiger partial charge in [0.25, 0.3) is 0 Å². The number of nitrogens with one attached hydrogen (secondary N) is 1. The third-order valence-corrected chi connectivity index (χ3v) is 2.21. The van der Waals surface area contributed by atoms with E-state index >= 15 is 0 Å². The standard InChI is InChI=1S/C10H15N3O3/c1-8(4-5-14)6-11-9-2-3-10(12-7-9)13(15)16/h2-3,7-8,11,14H,4-6H2,1H3. The summed E-state index contributed by atoms with van der Waals surface area (Å²) in [5.74, 6) is 0.189. The number of aliphatic hydroxyl groups is 1. The highest BCUT2D eigenvalue weighted by molar-refractivity contribution is 5.43. The van der Waals surface area contributed by atoms with Crippen LogP contribution in [-0.2, 0) is 0 Å². The van der Waals surface area contributed by atoms with Gasteiger partial charge in [-0.25, -0.2) is 0 Å². The molecule has 0 amide bonds. The molecule has 0 aliphatic heterocycles. The van der Waals surface area contributed by atoms with Crippen molar-refractivity contribution in [2.24, 2.45) is 5.92 Å². The summed E-state index contributed by atoms with van der Waals surface area (Å²) in [7, 11) is 0. The van der Waals surface area contributed by atoms with Gasteiger partial charge in [0, 0.05) is 19.2 Å². The summed E-state index contributed by atoms with van der Waals surface area (Å²) >= 11 is 0. The molecule has 1 aromatic rings. The molecule has 0 aliphatic rings. The number of anilines is 1. The molecule has 1 heterocycles. The van der Waals surface area contributed by atoms with Crippen LogP contribution in [-0.4, -0.2) is 28.2 Å². The lowest BCUT2D eigenvalue weighted by atomic mass is 10.1. The van der Waals surface area contributed by atoms with E-state index in [1.54, 1.807) is 6.07 Å². The Labute approximate surface area is 93.5 Å². The van der Waals surface area contributed by atoms with Gasteiger partial charge in [-0.05, 0) is 28.3 Å². The van der Waals surface area contributed by atoms with Gasteiger partial charge in [0.15, 0.2) is 6.20 Å². The Morgan fingerprint density at radius 3 is 2.88 bits per heavy atom. The molecule has 1 atom stereocenters. The van der Waals surface area contributed by atoms with Gasteiger partial charge < -0.3 is 20.5 Å². The van der Waals surface area contributed by atoms with Crippen molar-refractivity contribution in [2.75, 3.05) is 18.5 Å². The van der Waals surface area contributed by atoms with Gasteiger partial charge in [-0.1, -0.05) is 6.92 Å². The first-order chi connectivity index (χ1) is 7.63. The number of aromatic nitrogens is 1. The smallest absolute Gasteiger partial charge is 0.363 e. The minimum atomic E-state index is -0.530. The van der Waals surface area contributed by atoms with Crippen molar-refractivity contribution in [1.82, 2.24) is 4.98 Å². The average molecular weight is 225 g/mol. The maximum Gasteiger partial charge on any atom is 0.363 e. The van der Waals surface area contributed by atoms with E-state index in [2.05, 4.69) is 10.3 Å². The lowest BCUT2D eigenvalue weighted by Gasteiger charge is -2.10. The summed E-state index contributed by atoms with van der Waals surface area (Å²) in [6.07, 6.45) is 2.16. The SMILES string of the molecule is CC(CCO)CNc1ccc([N+](=O)[O-])nc1. The molecule has 0 saturated carbocycles. The molecule has 0 bridgehead atoms. The Balaban J connectivity index is 2.46. The predicted molar refractivity (Wildman–Crippen MR) is 60.2 cm³/mol. The Hall–Kier alpha value is -1.69. The number of aliphatic hydroxyl groups excluding tert-OH is 1. The van der Waals surface area contributed by atoms with Crippen LogP contribution in [0.4, 0.5) is 11.5 Å². The molecule has 6 heteroatoms. The molecule has 0 aliphatic carbocycles. The number of nitrogens with zero attached hydrogens (tertiary/aromatic N) is 2. The van der Waals surface area contributed by atoms with Crippen LogP contribution in [0.3, 0.4) is 0 Å². The number of hydrogen-bond donors (Lipinski definition) is 2.